The number of aromatic nitrogens is 1. The monoisotopic (exact) mass is 437 g/mol. The zero-order valence-electron chi connectivity index (χ0n) is 17.3. The molecular formula is C23H23N3O4S. The van der Waals surface area contributed by atoms with Crippen LogP contribution < -0.4 is 14.8 Å². The van der Waals surface area contributed by atoms with Gasteiger partial charge < -0.3 is 19.9 Å². The fourth-order valence-electron chi connectivity index (χ4n) is 3.02. The summed E-state index contributed by atoms with van der Waals surface area (Å²) < 4.78 is 11.5. The second kappa shape index (κ2) is 10.5. The van der Waals surface area contributed by atoms with E-state index in [0.29, 0.717) is 41.5 Å². The molecule has 1 heterocycles. The largest absolute Gasteiger partial charge is 0.494 e. The van der Waals surface area contributed by atoms with Crippen LogP contribution in [0.15, 0.2) is 48.0 Å². The Bertz CT molecular complexity index is 1070. The van der Waals surface area contributed by atoms with Crippen LogP contribution in [-0.4, -0.2) is 29.3 Å². The van der Waals surface area contributed by atoms with Crippen LogP contribution in [-0.2, 0) is 11.2 Å². The average molecular weight is 438 g/mol. The summed E-state index contributed by atoms with van der Waals surface area (Å²) in [6.45, 7) is 4.72. The second-order valence-electron chi connectivity index (χ2n) is 6.73. The van der Waals surface area contributed by atoms with Crippen molar-refractivity contribution in [3.63, 3.8) is 0 Å². The summed E-state index contributed by atoms with van der Waals surface area (Å²) >= 11 is 1.59. The molecule has 0 aliphatic rings. The van der Waals surface area contributed by atoms with Gasteiger partial charge in [-0.05, 0) is 55.8 Å². The number of carboxylic acids is 1. The summed E-state index contributed by atoms with van der Waals surface area (Å²) in [5, 5.41) is 21.8. The third kappa shape index (κ3) is 5.96. The molecule has 160 valence electrons. The van der Waals surface area contributed by atoms with E-state index in [9.17, 15) is 9.90 Å². The molecule has 3 aromatic rings. The van der Waals surface area contributed by atoms with Crippen LogP contribution in [0.4, 0.5) is 5.69 Å². The Morgan fingerprint density at radius 3 is 2.52 bits per heavy atom. The number of benzene rings is 2. The molecule has 0 saturated carbocycles. The normalized spacial score (nSPS) is 11.4. The number of rotatable bonds is 10. The number of thiazole rings is 1. The topological polar surface area (TPSA) is 104 Å². The first-order valence-electron chi connectivity index (χ1n) is 9.79. The lowest BCUT2D eigenvalue weighted by molar-refractivity contribution is -0.138. The quantitative estimate of drug-likeness (QED) is 0.478. The van der Waals surface area contributed by atoms with E-state index < -0.39 is 12.0 Å². The van der Waals surface area contributed by atoms with Gasteiger partial charge in [-0.1, -0.05) is 0 Å². The van der Waals surface area contributed by atoms with Gasteiger partial charge in [0, 0.05) is 23.1 Å². The average Bonchev–Trinajstić information content (AvgIpc) is 3.17. The molecule has 1 aromatic heterocycles. The molecular weight excluding hydrogens is 414 g/mol. The summed E-state index contributed by atoms with van der Waals surface area (Å²) in [4.78, 5) is 17.4. The SMILES string of the molecule is CCOc1cc(OCCc2scnc2C)cc(C(Nc2ccc(C#N)cc2)C(=O)O)c1. The number of aliphatic carboxylic acids is 1. The molecule has 1 atom stereocenters. The molecule has 0 aliphatic carbocycles. The van der Waals surface area contributed by atoms with E-state index in [-0.39, 0.29) is 0 Å². The first-order valence-corrected chi connectivity index (χ1v) is 10.7. The summed E-state index contributed by atoms with van der Waals surface area (Å²) in [6.07, 6.45) is 0.719. The molecule has 0 fully saturated rings. The number of ether oxygens (including phenoxy) is 2. The van der Waals surface area contributed by atoms with Gasteiger partial charge in [0.15, 0.2) is 6.04 Å². The van der Waals surface area contributed by atoms with Gasteiger partial charge in [0.05, 0.1) is 36.1 Å². The molecule has 0 aliphatic heterocycles. The van der Waals surface area contributed by atoms with Gasteiger partial charge in [-0.15, -0.1) is 11.3 Å². The minimum atomic E-state index is -1.04. The number of hydrogen-bond donors (Lipinski definition) is 2. The van der Waals surface area contributed by atoms with E-state index in [1.807, 2.05) is 25.4 Å². The Labute approximate surface area is 184 Å². The molecule has 0 radical (unpaired) electrons. The first-order chi connectivity index (χ1) is 15.0. The van der Waals surface area contributed by atoms with E-state index in [2.05, 4.69) is 10.3 Å². The third-order valence-electron chi connectivity index (χ3n) is 4.56. The standard InChI is InChI=1S/C23H23N3O4S/c1-3-29-19-10-17(11-20(12-19)30-9-8-21-15(2)25-14-31-21)22(23(27)28)26-18-6-4-16(13-24)5-7-18/h4-7,10-12,14,22,26H,3,8-9H2,1-2H3,(H,27,28). The summed E-state index contributed by atoms with van der Waals surface area (Å²) in [6, 6.07) is 12.8. The maximum absolute atomic E-state index is 12.0. The smallest absolute Gasteiger partial charge is 0.330 e. The number of carbonyl (C=O) groups is 1. The van der Waals surface area contributed by atoms with Crippen molar-refractivity contribution in [2.24, 2.45) is 0 Å². The summed E-state index contributed by atoms with van der Waals surface area (Å²) in [7, 11) is 0. The van der Waals surface area contributed by atoms with Crippen molar-refractivity contribution in [3.05, 3.63) is 69.7 Å². The van der Waals surface area contributed by atoms with Crippen LogP contribution in [0.3, 0.4) is 0 Å². The molecule has 0 spiro atoms. The predicted molar refractivity (Wildman–Crippen MR) is 119 cm³/mol. The minimum Gasteiger partial charge on any atom is -0.494 e. The lowest BCUT2D eigenvalue weighted by Gasteiger charge is -2.19. The Hall–Kier alpha value is -3.57. The van der Waals surface area contributed by atoms with Gasteiger partial charge in [-0.2, -0.15) is 5.26 Å². The summed E-state index contributed by atoms with van der Waals surface area (Å²) in [5.41, 5.74) is 4.41. The predicted octanol–water partition coefficient (Wildman–Crippen LogP) is 4.58. The van der Waals surface area contributed by atoms with E-state index in [1.54, 1.807) is 53.8 Å². The molecule has 0 bridgehead atoms. The molecule has 31 heavy (non-hydrogen) atoms. The van der Waals surface area contributed by atoms with Crippen LogP contribution in [0.1, 0.15) is 34.7 Å². The molecule has 3 rings (SSSR count). The number of hydrogen-bond acceptors (Lipinski definition) is 7. The minimum absolute atomic E-state index is 0.443. The fraction of sp³-hybridized carbons (Fsp3) is 0.261. The molecule has 8 heteroatoms. The zero-order chi connectivity index (χ0) is 22.2. The Kier molecular flexibility index (Phi) is 7.46. The zero-order valence-corrected chi connectivity index (χ0v) is 18.1. The van der Waals surface area contributed by atoms with Crippen molar-refractivity contribution in [2.45, 2.75) is 26.3 Å². The maximum atomic E-state index is 12.0. The van der Waals surface area contributed by atoms with Gasteiger partial charge in [-0.25, -0.2) is 9.78 Å². The van der Waals surface area contributed by atoms with Crippen molar-refractivity contribution in [1.29, 1.82) is 5.26 Å². The van der Waals surface area contributed by atoms with E-state index in [0.717, 1.165) is 17.0 Å². The van der Waals surface area contributed by atoms with Crippen molar-refractivity contribution in [3.8, 4) is 17.6 Å². The number of nitriles is 1. The summed E-state index contributed by atoms with van der Waals surface area (Å²) in [5.74, 6) is 0.0390. The van der Waals surface area contributed by atoms with E-state index in [4.69, 9.17) is 14.7 Å². The molecule has 2 aromatic carbocycles. The fourth-order valence-corrected chi connectivity index (χ4v) is 3.78. The lowest BCUT2D eigenvalue weighted by atomic mass is 10.1. The van der Waals surface area contributed by atoms with Gasteiger partial charge in [0.2, 0.25) is 0 Å². The van der Waals surface area contributed by atoms with Gasteiger partial charge in [-0.3, -0.25) is 0 Å². The molecule has 1 unspecified atom stereocenters. The highest BCUT2D eigenvalue weighted by molar-refractivity contribution is 7.09. The van der Waals surface area contributed by atoms with Crippen molar-refractivity contribution >= 4 is 23.0 Å². The Morgan fingerprint density at radius 2 is 1.94 bits per heavy atom. The van der Waals surface area contributed by atoms with Crippen molar-refractivity contribution in [2.75, 3.05) is 18.5 Å². The maximum Gasteiger partial charge on any atom is 0.330 e. The molecule has 2 N–H and O–H groups in total. The Morgan fingerprint density at radius 1 is 1.23 bits per heavy atom. The van der Waals surface area contributed by atoms with Crippen LogP contribution in [0.25, 0.3) is 0 Å². The number of carboxylic acid groups (broad SMARTS) is 1. The first kappa shape index (κ1) is 22.1. The van der Waals surface area contributed by atoms with E-state index in [1.165, 1.54) is 0 Å². The third-order valence-corrected chi connectivity index (χ3v) is 5.56. The molecule has 0 saturated heterocycles. The number of nitrogens with one attached hydrogen (secondary N) is 1. The lowest BCUT2D eigenvalue weighted by Crippen LogP contribution is -2.20. The van der Waals surface area contributed by atoms with Crippen LogP contribution in [0.5, 0.6) is 11.5 Å². The number of aryl methyl sites for hydroxylation is 1. The van der Waals surface area contributed by atoms with Crippen LogP contribution in [0, 0.1) is 18.3 Å². The Balaban J connectivity index is 1.81. The van der Waals surface area contributed by atoms with Gasteiger partial charge >= 0.3 is 5.97 Å². The highest BCUT2D eigenvalue weighted by Gasteiger charge is 2.22. The highest BCUT2D eigenvalue weighted by Crippen LogP contribution is 2.29. The number of anilines is 1. The molecule has 7 nitrogen and oxygen atoms in total. The number of nitrogens with zero attached hydrogens (tertiary/aromatic N) is 2. The van der Waals surface area contributed by atoms with Gasteiger partial charge in [0.1, 0.15) is 11.5 Å². The molecule has 0 amide bonds. The van der Waals surface area contributed by atoms with Crippen molar-refractivity contribution in [1.82, 2.24) is 4.98 Å². The second-order valence-corrected chi connectivity index (χ2v) is 7.67. The van der Waals surface area contributed by atoms with Crippen LogP contribution >= 0.6 is 11.3 Å². The van der Waals surface area contributed by atoms with E-state index >= 15 is 0 Å². The van der Waals surface area contributed by atoms with Crippen LogP contribution in [0.2, 0.25) is 0 Å². The highest BCUT2D eigenvalue weighted by atomic mass is 32.1. The van der Waals surface area contributed by atoms with Crippen molar-refractivity contribution < 1.29 is 19.4 Å². The van der Waals surface area contributed by atoms with Gasteiger partial charge in [0.25, 0.3) is 0 Å².